The second-order valence-electron chi connectivity index (χ2n) is 9.46. The van der Waals surface area contributed by atoms with Gasteiger partial charge in [0, 0.05) is 6.42 Å². The molecule has 0 unspecified atom stereocenters. The van der Waals surface area contributed by atoms with Crippen molar-refractivity contribution in [1.82, 2.24) is 0 Å². The summed E-state index contributed by atoms with van der Waals surface area (Å²) in [6.07, 6.45) is 28.4. The molecule has 0 aromatic carbocycles. The minimum atomic E-state index is 0.0196. The van der Waals surface area contributed by atoms with Crippen molar-refractivity contribution in [2.75, 3.05) is 0 Å². The number of hydrogen-bond donors (Lipinski definition) is 0. The zero-order valence-electron chi connectivity index (χ0n) is 19.3. The number of carbonyl (C=O) groups excluding carboxylic acids is 1. The van der Waals surface area contributed by atoms with Crippen LogP contribution in [0.25, 0.3) is 0 Å². The Hall–Kier alpha value is -0.530. The Morgan fingerprint density at radius 1 is 0.679 bits per heavy atom. The largest absolute Gasteiger partial charge is 0.462 e. The fraction of sp³-hybridized carbons (Fsp3) is 0.962. The summed E-state index contributed by atoms with van der Waals surface area (Å²) in [6, 6.07) is 0. The minimum absolute atomic E-state index is 0.0196. The van der Waals surface area contributed by atoms with Crippen LogP contribution in [-0.4, -0.2) is 12.1 Å². The summed E-state index contributed by atoms with van der Waals surface area (Å²) in [7, 11) is 0. The molecule has 1 heterocycles. The van der Waals surface area contributed by atoms with Gasteiger partial charge in [0.2, 0.25) is 0 Å². The molecule has 1 saturated heterocycles. The molecule has 2 nitrogen and oxygen atoms in total. The Labute approximate surface area is 176 Å². The Bertz CT molecular complexity index is 352. The van der Waals surface area contributed by atoms with E-state index in [1.54, 1.807) is 0 Å². The number of esters is 1. The molecule has 1 aliphatic heterocycles. The third-order valence-corrected chi connectivity index (χ3v) is 6.36. The Morgan fingerprint density at radius 3 is 1.46 bits per heavy atom. The summed E-state index contributed by atoms with van der Waals surface area (Å²) in [4.78, 5) is 11.5. The number of cyclic esters (lactones) is 1. The van der Waals surface area contributed by atoms with Crippen molar-refractivity contribution < 1.29 is 9.53 Å². The molecule has 0 aliphatic carbocycles. The molecule has 1 fully saturated rings. The van der Waals surface area contributed by atoms with E-state index < -0.39 is 0 Å². The minimum Gasteiger partial charge on any atom is -0.462 e. The van der Waals surface area contributed by atoms with Crippen LogP contribution < -0.4 is 0 Å². The van der Waals surface area contributed by atoms with Crippen LogP contribution in [0.15, 0.2) is 0 Å². The maximum Gasteiger partial charge on any atom is 0.306 e. The number of unbranched alkanes of at least 4 members (excludes halogenated alkanes) is 17. The normalized spacial score (nSPS) is 19.7. The summed E-state index contributed by atoms with van der Waals surface area (Å²) in [5.41, 5.74) is 0. The first kappa shape index (κ1) is 25.5. The average Bonchev–Trinajstić information content (AvgIpc) is 2.66. The molecule has 0 aromatic rings. The molecule has 2 atom stereocenters. The summed E-state index contributed by atoms with van der Waals surface area (Å²) in [5.74, 6) is 0.535. The van der Waals surface area contributed by atoms with Gasteiger partial charge < -0.3 is 4.74 Å². The topological polar surface area (TPSA) is 26.3 Å². The predicted molar refractivity (Wildman–Crippen MR) is 122 cm³/mol. The highest BCUT2D eigenvalue weighted by molar-refractivity contribution is 5.70. The van der Waals surface area contributed by atoms with Crippen LogP contribution in [0.5, 0.6) is 0 Å². The Balaban J connectivity index is 1.71. The molecule has 0 saturated carbocycles. The van der Waals surface area contributed by atoms with Gasteiger partial charge in [-0.1, -0.05) is 123 Å². The van der Waals surface area contributed by atoms with Crippen LogP contribution in [0.4, 0.5) is 0 Å². The maximum absolute atomic E-state index is 11.5. The van der Waals surface area contributed by atoms with E-state index in [-0.39, 0.29) is 12.1 Å². The first-order valence-corrected chi connectivity index (χ1v) is 12.9. The first-order chi connectivity index (χ1) is 13.7. The van der Waals surface area contributed by atoms with Crippen molar-refractivity contribution in [2.24, 2.45) is 5.92 Å². The standard InChI is InChI=1S/C26H50O2/c1-3-4-5-6-7-8-9-10-11-12-13-14-15-16-17-18-19-20-21-25-22-24(2)23-26(27)28-25/h24-25H,3-23H2,1-2H3/t24-,25+/m1/s1. The zero-order valence-corrected chi connectivity index (χ0v) is 19.3. The maximum atomic E-state index is 11.5. The highest BCUT2D eigenvalue weighted by Crippen LogP contribution is 2.24. The van der Waals surface area contributed by atoms with E-state index in [1.807, 2.05) is 0 Å². The third kappa shape index (κ3) is 15.4. The summed E-state index contributed by atoms with van der Waals surface area (Å²) in [5, 5.41) is 0. The molecule has 0 bridgehead atoms. The Morgan fingerprint density at radius 2 is 1.07 bits per heavy atom. The van der Waals surface area contributed by atoms with Gasteiger partial charge in [-0.15, -0.1) is 0 Å². The molecule has 1 aliphatic rings. The molecule has 0 aromatic heterocycles. The van der Waals surface area contributed by atoms with Gasteiger partial charge >= 0.3 is 5.97 Å². The van der Waals surface area contributed by atoms with Gasteiger partial charge in [0.25, 0.3) is 0 Å². The van der Waals surface area contributed by atoms with Gasteiger partial charge in [-0.25, -0.2) is 0 Å². The van der Waals surface area contributed by atoms with Gasteiger partial charge in [-0.3, -0.25) is 4.79 Å². The van der Waals surface area contributed by atoms with Gasteiger partial charge in [0.1, 0.15) is 6.10 Å². The van der Waals surface area contributed by atoms with E-state index in [9.17, 15) is 4.79 Å². The van der Waals surface area contributed by atoms with Crippen molar-refractivity contribution in [1.29, 1.82) is 0 Å². The smallest absolute Gasteiger partial charge is 0.306 e. The predicted octanol–water partition coefficient (Wildman–Crippen LogP) is 8.76. The van der Waals surface area contributed by atoms with Gasteiger partial charge in [-0.05, 0) is 25.2 Å². The quantitative estimate of drug-likeness (QED) is 0.162. The van der Waals surface area contributed by atoms with E-state index >= 15 is 0 Å². The molecule has 28 heavy (non-hydrogen) atoms. The second kappa shape index (κ2) is 18.5. The fourth-order valence-electron chi connectivity index (χ4n) is 4.55. The average molecular weight is 395 g/mol. The number of hydrogen-bond acceptors (Lipinski definition) is 2. The highest BCUT2D eigenvalue weighted by atomic mass is 16.5. The number of ether oxygens (including phenoxy) is 1. The molecular formula is C26H50O2. The summed E-state index contributed by atoms with van der Waals surface area (Å²) in [6.45, 7) is 4.46. The highest BCUT2D eigenvalue weighted by Gasteiger charge is 2.25. The van der Waals surface area contributed by atoms with Crippen LogP contribution in [0.2, 0.25) is 0 Å². The third-order valence-electron chi connectivity index (χ3n) is 6.36. The number of carbonyl (C=O) groups is 1. The van der Waals surface area contributed by atoms with Gasteiger partial charge in [0.15, 0.2) is 0 Å². The molecule has 1 rings (SSSR count). The fourth-order valence-corrected chi connectivity index (χ4v) is 4.55. The summed E-state index contributed by atoms with van der Waals surface area (Å²) >= 11 is 0. The number of rotatable bonds is 19. The van der Waals surface area contributed by atoms with Gasteiger partial charge in [0.05, 0.1) is 0 Å². The van der Waals surface area contributed by atoms with E-state index in [0.29, 0.717) is 12.3 Å². The van der Waals surface area contributed by atoms with Crippen molar-refractivity contribution in [2.45, 2.75) is 155 Å². The van der Waals surface area contributed by atoms with Crippen LogP contribution in [-0.2, 0) is 9.53 Å². The van der Waals surface area contributed by atoms with Gasteiger partial charge in [-0.2, -0.15) is 0 Å². The van der Waals surface area contributed by atoms with Crippen LogP contribution in [0.1, 0.15) is 149 Å². The lowest BCUT2D eigenvalue weighted by Crippen LogP contribution is -2.28. The van der Waals surface area contributed by atoms with Crippen molar-refractivity contribution in [3.63, 3.8) is 0 Å². The molecule has 0 N–H and O–H groups in total. The second-order valence-corrected chi connectivity index (χ2v) is 9.46. The zero-order chi connectivity index (χ0) is 20.3. The molecular weight excluding hydrogens is 344 g/mol. The van der Waals surface area contributed by atoms with Crippen LogP contribution in [0.3, 0.4) is 0 Å². The Kier molecular flexibility index (Phi) is 16.8. The lowest BCUT2D eigenvalue weighted by molar-refractivity contribution is -0.156. The monoisotopic (exact) mass is 394 g/mol. The molecule has 0 radical (unpaired) electrons. The lowest BCUT2D eigenvalue weighted by atomic mass is 9.94. The van der Waals surface area contributed by atoms with Crippen molar-refractivity contribution in [3.05, 3.63) is 0 Å². The van der Waals surface area contributed by atoms with Crippen molar-refractivity contribution >= 4 is 5.97 Å². The molecule has 0 spiro atoms. The van der Waals surface area contributed by atoms with E-state index in [2.05, 4.69) is 13.8 Å². The van der Waals surface area contributed by atoms with Crippen molar-refractivity contribution in [3.8, 4) is 0 Å². The molecule has 2 heteroatoms. The van der Waals surface area contributed by atoms with E-state index in [0.717, 1.165) is 12.8 Å². The van der Waals surface area contributed by atoms with E-state index in [4.69, 9.17) is 4.74 Å². The molecule has 166 valence electrons. The first-order valence-electron chi connectivity index (χ1n) is 12.9. The lowest BCUT2D eigenvalue weighted by Gasteiger charge is -2.26. The SMILES string of the molecule is CCCCCCCCCCCCCCCCCCCC[C@H]1C[C@@H](C)CC(=O)O1. The van der Waals surface area contributed by atoms with Crippen LogP contribution in [0, 0.1) is 5.92 Å². The summed E-state index contributed by atoms with van der Waals surface area (Å²) < 4.78 is 5.45. The molecule has 0 amide bonds. The van der Waals surface area contributed by atoms with Crippen LogP contribution >= 0.6 is 0 Å². The van der Waals surface area contributed by atoms with E-state index in [1.165, 1.54) is 116 Å².